The third-order valence-corrected chi connectivity index (χ3v) is 2.90. The van der Waals surface area contributed by atoms with Gasteiger partial charge in [0.1, 0.15) is 4.99 Å². The van der Waals surface area contributed by atoms with E-state index in [0.29, 0.717) is 17.4 Å². The molecule has 2 rings (SSSR count). The van der Waals surface area contributed by atoms with E-state index < -0.39 is 0 Å². The van der Waals surface area contributed by atoms with Crippen LogP contribution in [-0.4, -0.2) is 17.1 Å². The number of anilines is 1. The fraction of sp³-hybridized carbons (Fsp3) is 0.143. The number of nitrogens with one attached hydrogen (secondary N) is 1. The number of hydrogen-bond acceptors (Lipinski definition) is 4. The maximum absolute atomic E-state index is 5.68. The molecule has 0 aliphatic rings. The van der Waals surface area contributed by atoms with Gasteiger partial charge < -0.3 is 15.8 Å². The van der Waals surface area contributed by atoms with Crippen molar-refractivity contribution in [3.05, 3.63) is 53.7 Å². The van der Waals surface area contributed by atoms with E-state index in [0.717, 1.165) is 16.8 Å². The molecule has 0 unspecified atom stereocenters. The average Bonchev–Trinajstić information content (AvgIpc) is 2.46. The van der Waals surface area contributed by atoms with Gasteiger partial charge in [0.05, 0.1) is 7.11 Å². The lowest BCUT2D eigenvalue weighted by molar-refractivity contribution is 0.397. The average molecular weight is 273 g/mol. The SMILES string of the molecule is COc1ccc(CNc2ccccc2C(N)=S)cn1. The van der Waals surface area contributed by atoms with Crippen LogP contribution in [0.5, 0.6) is 5.88 Å². The fourth-order valence-electron chi connectivity index (χ4n) is 1.69. The summed E-state index contributed by atoms with van der Waals surface area (Å²) in [6, 6.07) is 11.5. The number of benzene rings is 1. The summed E-state index contributed by atoms with van der Waals surface area (Å²) >= 11 is 5.02. The Labute approximate surface area is 117 Å². The summed E-state index contributed by atoms with van der Waals surface area (Å²) in [7, 11) is 1.60. The number of aromatic nitrogens is 1. The molecule has 0 atom stereocenters. The molecule has 19 heavy (non-hydrogen) atoms. The topological polar surface area (TPSA) is 60.2 Å². The molecule has 0 spiro atoms. The van der Waals surface area contributed by atoms with Crippen LogP contribution in [-0.2, 0) is 6.54 Å². The molecule has 98 valence electrons. The molecule has 0 radical (unpaired) electrons. The second kappa shape index (κ2) is 6.15. The summed E-state index contributed by atoms with van der Waals surface area (Å²) in [4.78, 5) is 4.54. The van der Waals surface area contributed by atoms with Crippen LogP contribution >= 0.6 is 12.2 Å². The predicted octanol–water partition coefficient (Wildman–Crippen LogP) is 2.34. The predicted molar refractivity (Wildman–Crippen MR) is 80.4 cm³/mol. The second-order valence-electron chi connectivity index (χ2n) is 3.97. The number of rotatable bonds is 5. The van der Waals surface area contributed by atoms with E-state index in [1.165, 1.54) is 0 Å². The van der Waals surface area contributed by atoms with E-state index >= 15 is 0 Å². The molecular formula is C14H15N3OS. The lowest BCUT2D eigenvalue weighted by Gasteiger charge is -2.11. The molecule has 0 amide bonds. The summed E-state index contributed by atoms with van der Waals surface area (Å²) in [6.07, 6.45) is 1.77. The normalized spacial score (nSPS) is 9.95. The van der Waals surface area contributed by atoms with E-state index in [1.807, 2.05) is 36.4 Å². The first-order valence-corrected chi connectivity index (χ1v) is 6.23. The number of methoxy groups -OCH3 is 1. The van der Waals surface area contributed by atoms with Crippen LogP contribution in [0.25, 0.3) is 0 Å². The number of nitrogens with two attached hydrogens (primary N) is 1. The molecule has 1 heterocycles. The van der Waals surface area contributed by atoms with E-state index in [9.17, 15) is 0 Å². The van der Waals surface area contributed by atoms with Gasteiger partial charge in [-0.3, -0.25) is 0 Å². The van der Waals surface area contributed by atoms with Crippen molar-refractivity contribution < 1.29 is 4.74 Å². The van der Waals surface area contributed by atoms with Crippen LogP contribution in [0.2, 0.25) is 0 Å². The largest absolute Gasteiger partial charge is 0.481 e. The molecule has 0 fully saturated rings. The Morgan fingerprint density at radius 2 is 2.11 bits per heavy atom. The highest BCUT2D eigenvalue weighted by Crippen LogP contribution is 2.16. The minimum absolute atomic E-state index is 0.385. The van der Waals surface area contributed by atoms with Gasteiger partial charge in [0.2, 0.25) is 5.88 Å². The van der Waals surface area contributed by atoms with Gasteiger partial charge in [-0.1, -0.05) is 30.4 Å². The molecule has 0 aliphatic carbocycles. The Hall–Kier alpha value is -2.14. The molecule has 0 saturated heterocycles. The molecule has 0 saturated carbocycles. The number of thiocarbonyl (C=S) groups is 1. The zero-order chi connectivity index (χ0) is 13.7. The van der Waals surface area contributed by atoms with E-state index in [2.05, 4.69) is 10.3 Å². The standard InChI is InChI=1S/C14H15N3OS/c1-18-13-7-6-10(9-17-13)8-16-12-5-3-2-4-11(12)14(15)19/h2-7,9,16H,8H2,1H3,(H2,15,19). The first-order chi connectivity index (χ1) is 9.20. The summed E-state index contributed by atoms with van der Waals surface area (Å²) in [6.45, 7) is 0.649. The number of pyridine rings is 1. The highest BCUT2D eigenvalue weighted by atomic mass is 32.1. The minimum Gasteiger partial charge on any atom is -0.481 e. The molecule has 0 bridgehead atoms. The third kappa shape index (κ3) is 3.42. The van der Waals surface area contributed by atoms with Crippen LogP contribution in [0, 0.1) is 0 Å². The molecule has 0 aliphatic heterocycles. The van der Waals surface area contributed by atoms with E-state index in [4.69, 9.17) is 22.7 Å². The van der Waals surface area contributed by atoms with Crippen LogP contribution < -0.4 is 15.8 Å². The lowest BCUT2D eigenvalue weighted by atomic mass is 10.1. The van der Waals surface area contributed by atoms with Crippen molar-refractivity contribution in [2.75, 3.05) is 12.4 Å². The second-order valence-corrected chi connectivity index (χ2v) is 4.41. The molecule has 1 aromatic heterocycles. The van der Waals surface area contributed by atoms with Crippen molar-refractivity contribution in [2.24, 2.45) is 5.73 Å². The quantitative estimate of drug-likeness (QED) is 0.819. The summed E-state index contributed by atoms with van der Waals surface area (Å²) in [5.41, 5.74) is 8.51. The summed E-state index contributed by atoms with van der Waals surface area (Å²) in [5, 5.41) is 3.30. The van der Waals surface area contributed by atoms with Crippen LogP contribution in [0.1, 0.15) is 11.1 Å². The van der Waals surface area contributed by atoms with Crippen molar-refractivity contribution in [3.8, 4) is 5.88 Å². The Balaban J connectivity index is 2.07. The van der Waals surface area contributed by atoms with Gasteiger partial charge in [-0.2, -0.15) is 0 Å². The smallest absolute Gasteiger partial charge is 0.212 e. The monoisotopic (exact) mass is 273 g/mol. The highest BCUT2D eigenvalue weighted by Gasteiger charge is 2.03. The molecule has 5 heteroatoms. The number of ether oxygens (including phenoxy) is 1. The van der Waals surface area contributed by atoms with Gasteiger partial charge in [-0.25, -0.2) is 4.98 Å². The molecular weight excluding hydrogens is 258 g/mol. The highest BCUT2D eigenvalue weighted by molar-refractivity contribution is 7.80. The van der Waals surface area contributed by atoms with Crippen molar-refractivity contribution in [1.29, 1.82) is 0 Å². The summed E-state index contributed by atoms with van der Waals surface area (Å²) in [5.74, 6) is 0.604. The maximum Gasteiger partial charge on any atom is 0.212 e. The van der Waals surface area contributed by atoms with Crippen molar-refractivity contribution in [2.45, 2.75) is 6.54 Å². The Morgan fingerprint density at radius 3 is 2.74 bits per heavy atom. The zero-order valence-electron chi connectivity index (χ0n) is 10.6. The minimum atomic E-state index is 0.385. The Kier molecular flexibility index (Phi) is 4.30. The van der Waals surface area contributed by atoms with Gasteiger partial charge in [0.25, 0.3) is 0 Å². The first kappa shape index (κ1) is 13.3. The number of hydrogen-bond donors (Lipinski definition) is 2. The van der Waals surface area contributed by atoms with Gasteiger partial charge in [0, 0.05) is 30.1 Å². The van der Waals surface area contributed by atoms with E-state index in [-0.39, 0.29) is 0 Å². The van der Waals surface area contributed by atoms with Gasteiger partial charge >= 0.3 is 0 Å². The van der Waals surface area contributed by atoms with Crippen LogP contribution in [0.15, 0.2) is 42.6 Å². The molecule has 1 aromatic carbocycles. The van der Waals surface area contributed by atoms with Crippen LogP contribution in [0.4, 0.5) is 5.69 Å². The molecule has 3 N–H and O–H groups in total. The molecule has 4 nitrogen and oxygen atoms in total. The zero-order valence-corrected chi connectivity index (χ0v) is 11.4. The Bertz CT molecular complexity index is 569. The Morgan fingerprint density at radius 1 is 1.32 bits per heavy atom. The first-order valence-electron chi connectivity index (χ1n) is 5.82. The van der Waals surface area contributed by atoms with Crippen LogP contribution in [0.3, 0.4) is 0 Å². The lowest BCUT2D eigenvalue weighted by Crippen LogP contribution is -2.13. The van der Waals surface area contributed by atoms with Crippen molar-refractivity contribution >= 4 is 22.9 Å². The summed E-state index contributed by atoms with van der Waals surface area (Å²) < 4.78 is 5.02. The fourth-order valence-corrected chi connectivity index (χ4v) is 1.86. The van der Waals surface area contributed by atoms with Gasteiger partial charge in [-0.05, 0) is 17.7 Å². The van der Waals surface area contributed by atoms with Gasteiger partial charge in [0.15, 0.2) is 0 Å². The van der Waals surface area contributed by atoms with Gasteiger partial charge in [-0.15, -0.1) is 0 Å². The molecule has 2 aromatic rings. The van der Waals surface area contributed by atoms with E-state index in [1.54, 1.807) is 13.3 Å². The number of para-hydroxylation sites is 1. The van der Waals surface area contributed by atoms with Crippen molar-refractivity contribution in [1.82, 2.24) is 4.98 Å². The number of nitrogens with zero attached hydrogens (tertiary/aromatic N) is 1. The third-order valence-electron chi connectivity index (χ3n) is 2.68. The maximum atomic E-state index is 5.68. The van der Waals surface area contributed by atoms with Crippen molar-refractivity contribution in [3.63, 3.8) is 0 Å².